The molecule has 168 valence electrons. The van der Waals surface area contributed by atoms with E-state index in [2.05, 4.69) is 5.32 Å². The summed E-state index contributed by atoms with van der Waals surface area (Å²) in [6, 6.07) is 21.8. The highest BCUT2D eigenvalue weighted by Gasteiger charge is 2.17. The van der Waals surface area contributed by atoms with Gasteiger partial charge in [0.1, 0.15) is 11.6 Å². The van der Waals surface area contributed by atoms with Gasteiger partial charge >= 0.3 is 0 Å². The molecule has 0 bridgehead atoms. The number of benzene rings is 3. The molecule has 4 rings (SSSR count). The number of anilines is 2. The van der Waals surface area contributed by atoms with Gasteiger partial charge in [0.25, 0.3) is 11.5 Å². The Morgan fingerprint density at radius 2 is 1.70 bits per heavy atom. The van der Waals surface area contributed by atoms with Crippen LogP contribution in [-0.4, -0.2) is 31.3 Å². The smallest absolute Gasteiger partial charge is 0.260 e. The van der Waals surface area contributed by atoms with Gasteiger partial charge in [-0.25, -0.2) is 0 Å². The Bertz CT molecular complexity index is 1350. The Labute approximate surface area is 191 Å². The van der Waals surface area contributed by atoms with E-state index in [1.165, 1.54) is 4.57 Å². The number of ether oxygens (including phenoxy) is 2. The molecule has 1 amide bonds. The van der Waals surface area contributed by atoms with Crippen LogP contribution in [0.5, 0.6) is 5.75 Å². The third-order valence-corrected chi connectivity index (χ3v) is 5.50. The summed E-state index contributed by atoms with van der Waals surface area (Å²) in [6.45, 7) is 0.664. The molecule has 0 fully saturated rings. The van der Waals surface area contributed by atoms with Crippen molar-refractivity contribution in [2.24, 2.45) is 0 Å². The minimum Gasteiger partial charge on any atom is -0.497 e. The highest BCUT2D eigenvalue weighted by atomic mass is 16.5. The van der Waals surface area contributed by atoms with E-state index < -0.39 is 0 Å². The van der Waals surface area contributed by atoms with E-state index in [9.17, 15) is 9.59 Å². The van der Waals surface area contributed by atoms with Crippen molar-refractivity contribution in [3.63, 3.8) is 0 Å². The lowest BCUT2D eigenvalue weighted by atomic mass is 9.98. The molecule has 7 heteroatoms. The summed E-state index contributed by atoms with van der Waals surface area (Å²) < 4.78 is 11.8. The minimum atomic E-state index is -0.282. The molecule has 4 aromatic rings. The van der Waals surface area contributed by atoms with Crippen LogP contribution in [0.2, 0.25) is 0 Å². The first-order chi connectivity index (χ1) is 16.0. The molecule has 3 N–H and O–H groups in total. The van der Waals surface area contributed by atoms with Crippen LogP contribution in [-0.2, 0) is 11.3 Å². The average Bonchev–Trinajstić information content (AvgIpc) is 2.85. The fourth-order valence-corrected chi connectivity index (χ4v) is 3.80. The fourth-order valence-electron chi connectivity index (χ4n) is 3.80. The van der Waals surface area contributed by atoms with Gasteiger partial charge in [-0.15, -0.1) is 0 Å². The number of aromatic nitrogens is 1. The first-order valence-electron chi connectivity index (χ1n) is 10.5. The SMILES string of the molecule is COCCn1c(N)c(-c2ccccc2)c2ccc(NC(=O)c3ccc(OC)cc3)cc2c1=O. The van der Waals surface area contributed by atoms with Gasteiger partial charge in [0, 0.05) is 29.3 Å². The number of pyridine rings is 1. The number of hydrogen-bond donors (Lipinski definition) is 2. The zero-order valence-corrected chi connectivity index (χ0v) is 18.5. The van der Waals surface area contributed by atoms with Crippen molar-refractivity contribution in [2.75, 3.05) is 31.9 Å². The average molecular weight is 444 g/mol. The van der Waals surface area contributed by atoms with E-state index in [1.54, 1.807) is 50.6 Å². The van der Waals surface area contributed by atoms with Gasteiger partial charge in [0.05, 0.1) is 20.3 Å². The largest absolute Gasteiger partial charge is 0.497 e. The number of rotatable bonds is 7. The predicted molar refractivity (Wildman–Crippen MR) is 131 cm³/mol. The van der Waals surface area contributed by atoms with Crippen LogP contribution in [0.3, 0.4) is 0 Å². The van der Waals surface area contributed by atoms with E-state index in [-0.39, 0.29) is 11.5 Å². The third-order valence-electron chi connectivity index (χ3n) is 5.50. The van der Waals surface area contributed by atoms with Gasteiger partial charge in [0.2, 0.25) is 0 Å². The van der Waals surface area contributed by atoms with Crippen molar-refractivity contribution >= 4 is 28.2 Å². The minimum absolute atomic E-state index is 0.236. The molecule has 0 aliphatic heterocycles. The van der Waals surface area contributed by atoms with E-state index in [4.69, 9.17) is 15.2 Å². The van der Waals surface area contributed by atoms with Crippen molar-refractivity contribution in [3.8, 4) is 16.9 Å². The fraction of sp³-hybridized carbons (Fsp3) is 0.154. The van der Waals surface area contributed by atoms with Crippen molar-refractivity contribution in [3.05, 3.63) is 88.7 Å². The molecule has 3 aromatic carbocycles. The number of hydrogen-bond acceptors (Lipinski definition) is 5. The summed E-state index contributed by atoms with van der Waals surface area (Å²) >= 11 is 0. The molecule has 0 saturated carbocycles. The second kappa shape index (κ2) is 9.58. The zero-order chi connectivity index (χ0) is 23.4. The van der Waals surface area contributed by atoms with Crippen molar-refractivity contribution in [1.29, 1.82) is 0 Å². The number of fused-ring (bicyclic) bond motifs is 1. The van der Waals surface area contributed by atoms with Crippen LogP contribution in [0.15, 0.2) is 77.6 Å². The summed E-state index contributed by atoms with van der Waals surface area (Å²) in [7, 11) is 3.15. The van der Waals surface area contributed by atoms with Crippen LogP contribution >= 0.6 is 0 Å². The van der Waals surface area contributed by atoms with Crippen LogP contribution in [0.4, 0.5) is 11.5 Å². The van der Waals surface area contributed by atoms with E-state index in [0.29, 0.717) is 41.4 Å². The Morgan fingerprint density at radius 3 is 2.36 bits per heavy atom. The molecule has 0 aliphatic rings. The van der Waals surface area contributed by atoms with Crippen LogP contribution in [0.1, 0.15) is 10.4 Å². The van der Waals surface area contributed by atoms with Gasteiger partial charge < -0.3 is 20.5 Å². The summed E-state index contributed by atoms with van der Waals surface area (Å²) in [5.74, 6) is 0.765. The zero-order valence-electron chi connectivity index (χ0n) is 18.5. The summed E-state index contributed by atoms with van der Waals surface area (Å²) in [5.41, 5.74) is 8.91. The monoisotopic (exact) mass is 443 g/mol. The second-order valence-electron chi connectivity index (χ2n) is 7.52. The first-order valence-corrected chi connectivity index (χ1v) is 10.5. The van der Waals surface area contributed by atoms with Gasteiger partial charge in [-0.05, 0) is 47.3 Å². The van der Waals surface area contributed by atoms with Crippen LogP contribution in [0.25, 0.3) is 21.9 Å². The van der Waals surface area contributed by atoms with E-state index in [1.807, 2.05) is 36.4 Å². The third kappa shape index (κ3) is 4.44. The maximum atomic E-state index is 13.3. The lowest BCUT2D eigenvalue weighted by Gasteiger charge is -2.17. The summed E-state index contributed by atoms with van der Waals surface area (Å²) in [6.07, 6.45) is 0. The lowest BCUT2D eigenvalue weighted by molar-refractivity contribution is 0.102. The number of carbonyl (C=O) groups excluding carboxylic acids is 1. The van der Waals surface area contributed by atoms with Gasteiger partial charge in [-0.3, -0.25) is 14.2 Å². The van der Waals surface area contributed by atoms with Gasteiger partial charge in [0.15, 0.2) is 0 Å². The number of carbonyl (C=O) groups is 1. The summed E-state index contributed by atoms with van der Waals surface area (Å²) in [4.78, 5) is 26.0. The van der Waals surface area contributed by atoms with E-state index in [0.717, 1.165) is 16.5 Å². The van der Waals surface area contributed by atoms with Crippen LogP contribution < -0.4 is 21.3 Å². The molecule has 0 unspecified atom stereocenters. The molecule has 0 aliphatic carbocycles. The Morgan fingerprint density at radius 1 is 0.970 bits per heavy atom. The molecule has 0 radical (unpaired) electrons. The Kier molecular flexibility index (Phi) is 6.42. The Hall–Kier alpha value is -4.10. The number of nitrogens with one attached hydrogen (secondary N) is 1. The predicted octanol–water partition coefficient (Wildman–Crippen LogP) is 4.16. The molecule has 1 aromatic heterocycles. The number of amides is 1. The van der Waals surface area contributed by atoms with Gasteiger partial charge in [-0.2, -0.15) is 0 Å². The number of nitrogen functional groups attached to an aromatic ring is 1. The molecule has 0 saturated heterocycles. The molecule has 7 nitrogen and oxygen atoms in total. The standard InChI is InChI=1S/C26H25N3O4/c1-32-15-14-29-24(27)23(17-6-4-3-5-7-17)21-13-10-19(16-22(21)26(29)31)28-25(30)18-8-11-20(33-2)12-9-18/h3-13,16H,14-15,27H2,1-2H3,(H,28,30). The molecule has 0 atom stereocenters. The number of methoxy groups -OCH3 is 2. The molecular weight excluding hydrogens is 418 g/mol. The normalized spacial score (nSPS) is 10.8. The molecule has 33 heavy (non-hydrogen) atoms. The molecule has 0 spiro atoms. The maximum Gasteiger partial charge on any atom is 0.260 e. The number of nitrogens with two attached hydrogens (primary N) is 1. The Balaban J connectivity index is 1.80. The quantitative estimate of drug-likeness (QED) is 0.447. The molecular formula is C26H25N3O4. The second-order valence-corrected chi connectivity index (χ2v) is 7.52. The lowest BCUT2D eigenvalue weighted by Crippen LogP contribution is -2.26. The van der Waals surface area contributed by atoms with Gasteiger partial charge in [-0.1, -0.05) is 36.4 Å². The first kappa shape index (κ1) is 22.1. The highest BCUT2D eigenvalue weighted by molar-refractivity contribution is 6.07. The molecule has 1 heterocycles. The van der Waals surface area contributed by atoms with Crippen molar-refractivity contribution < 1.29 is 14.3 Å². The number of nitrogens with zero attached hydrogens (tertiary/aromatic N) is 1. The van der Waals surface area contributed by atoms with Crippen molar-refractivity contribution in [2.45, 2.75) is 6.54 Å². The van der Waals surface area contributed by atoms with E-state index >= 15 is 0 Å². The van der Waals surface area contributed by atoms with Crippen LogP contribution in [0, 0.1) is 0 Å². The topological polar surface area (TPSA) is 95.6 Å². The summed E-state index contributed by atoms with van der Waals surface area (Å²) in [5, 5.41) is 4.05. The maximum absolute atomic E-state index is 13.3. The highest BCUT2D eigenvalue weighted by Crippen LogP contribution is 2.33. The van der Waals surface area contributed by atoms with Crippen molar-refractivity contribution in [1.82, 2.24) is 4.57 Å².